The van der Waals surface area contributed by atoms with Crippen LogP contribution in [0.4, 0.5) is 0 Å². The Morgan fingerprint density at radius 2 is 1.76 bits per heavy atom. The average Bonchev–Trinajstić information content (AvgIpc) is 3.08. The van der Waals surface area contributed by atoms with Crippen LogP contribution >= 0.6 is 0 Å². The SMILES string of the molecule is CC(=O)c1ccc(Oc2ncnc3c2cnn3-c2ccccc2)cc1. The molecule has 0 atom stereocenters. The number of ether oxygens (including phenoxy) is 1. The van der Waals surface area contributed by atoms with Gasteiger partial charge in [-0.3, -0.25) is 4.79 Å². The standard InChI is InChI=1S/C19H14N4O2/c1-13(24)14-7-9-16(10-8-14)25-19-17-11-22-23(18(17)20-12-21-19)15-5-3-2-4-6-15/h2-12H,1H3. The summed E-state index contributed by atoms with van der Waals surface area (Å²) in [7, 11) is 0. The van der Waals surface area contributed by atoms with E-state index in [0.29, 0.717) is 28.2 Å². The molecule has 0 saturated carbocycles. The van der Waals surface area contributed by atoms with Gasteiger partial charge in [0.2, 0.25) is 5.88 Å². The summed E-state index contributed by atoms with van der Waals surface area (Å²) in [4.78, 5) is 19.9. The molecular formula is C19H14N4O2. The lowest BCUT2D eigenvalue weighted by Gasteiger charge is -2.06. The highest BCUT2D eigenvalue weighted by molar-refractivity contribution is 5.94. The molecule has 0 fully saturated rings. The van der Waals surface area contributed by atoms with Gasteiger partial charge in [-0.2, -0.15) is 5.10 Å². The number of rotatable bonds is 4. The zero-order valence-electron chi connectivity index (χ0n) is 13.5. The van der Waals surface area contributed by atoms with Crippen LogP contribution in [0.15, 0.2) is 67.1 Å². The summed E-state index contributed by atoms with van der Waals surface area (Å²) < 4.78 is 7.60. The maximum absolute atomic E-state index is 11.4. The molecule has 0 aliphatic rings. The Morgan fingerprint density at radius 3 is 2.48 bits per heavy atom. The molecule has 122 valence electrons. The van der Waals surface area contributed by atoms with Crippen LogP contribution < -0.4 is 4.74 Å². The van der Waals surface area contributed by atoms with E-state index in [2.05, 4.69) is 15.1 Å². The highest BCUT2D eigenvalue weighted by Gasteiger charge is 2.12. The van der Waals surface area contributed by atoms with Gasteiger partial charge < -0.3 is 4.74 Å². The Balaban J connectivity index is 1.71. The average molecular weight is 330 g/mol. The second-order valence-electron chi connectivity index (χ2n) is 5.49. The van der Waals surface area contributed by atoms with E-state index in [1.165, 1.54) is 13.3 Å². The van der Waals surface area contributed by atoms with Gasteiger partial charge in [0.15, 0.2) is 11.4 Å². The van der Waals surface area contributed by atoms with Crippen LogP contribution in [0.5, 0.6) is 11.6 Å². The van der Waals surface area contributed by atoms with E-state index in [1.54, 1.807) is 35.1 Å². The zero-order valence-corrected chi connectivity index (χ0v) is 13.5. The van der Waals surface area contributed by atoms with E-state index in [0.717, 1.165) is 5.69 Å². The third kappa shape index (κ3) is 2.85. The third-order valence-electron chi connectivity index (χ3n) is 3.81. The molecule has 0 amide bonds. The highest BCUT2D eigenvalue weighted by Crippen LogP contribution is 2.27. The van der Waals surface area contributed by atoms with Gasteiger partial charge in [-0.1, -0.05) is 18.2 Å². The number of carbonyl (C=O) groups is 1. The molecule has 25 heavy (non-hydrogen) atoms. The van der Waals surface area contributed by atoms with Crippen molar-refractivity contribution in [3.05, 3.63) is 72.7 Å². The maximum Gasteiger partial charge on any atom is 0.233 e. The Hall–Kier alpha value is -3.54. The van der Waals surface area contributed by atoms with Gasteiger partial charge in [-0.05, 0) is 43.3 Å². The van der Waals surface area contributed by atoms with Gasteiger partial charge in [0.25, 0.3) is 0 Å². The number of hydrogen-bond donors (Lipinski definition) is 0. The first-order valence-electron chi connectivity index (χ1n) is 7.75. The summed E-state index contributed by atoms with van der Waals surface area (Å²) >= 11 is 0. The molecule has 2 aromatic carbocycles. The van der Waals surface area contributed by atoms with Crippen molar-refractivity contribution in [2.45, 2.75) is 6.92 Å². The van der Waals surface area contributed by atoms with Gasteiger partial charge >= 0.3 is 0 Å². The fourth-order valence-corrected chi connectivity index (χ4v) is 2.53. The van der Waals surface area contributed by atoms with E-state index < -0.39 is 0 Å². The summed E-state index contributed by atoms with van der Waals surface area (Å²) in [6.07, 6.45) is 3.13. The van der Waals surface area contributed by atoms with E-state index in [9.17, 15) is 4.79 Å². The van der Waals surface area contributed by atoms with Crippen molar-refractivity contribution >= 4 is 16.8 Å². The number of hydrogen-bond acceptors (Lipinski definition) is 5. The smallest absolute Gasteiger partial charge is 0.233 e. The topological polar surface area (TPSA) is 69.9 Å². The minimum atomic E-state index is 0.0140. The van der Waals surface area contributed by atoms with Crippen LogP contribution in [0.2, 0.25) is 0 Å². The second-order valence-corrected chi connectivity index (χ2v) is 5.49. The summed E-state index contributed by atoms with van der Waals surface area (Å²) in [5.74, 6) is 1.03. The van der Waals surface area contributed by atoms with Crippen molar-refractivity contribution < 1.29 is 9.53 Å². The first-order valence-corrected chi connectivity index (χ1v) is 7.75. The number of Topliss-reactive ketones (excluding diaryl/α,β-unsaturated/α-hetero) is 1. The van der Waals surface area contributed by atoms with Crippen LogP contribution in [0.3, 0.4) is 0 Å². The number of nitrogens with zero attached hydrogens (tertiary/aromatic N) is 4. The number of para-hydroxylation sites is 1. The quantitative estimate of drug-likeness (QED) is 0.532. The fraction of sp³-hybridized carbons (Fsp3) is 0.0526. The first-order chi connectivity index (χ1) is 12.2. The van der Waals surface area contributed by atoms with Crippen LogP contribution in [0.1, 0.15) is 17.3 Å². The van der Waals surface area contributed by atoms with Crippen molar-refractivity contribution in [1.29, 1.82) is 0 Å². The van der Waals surface area contributed by atoms with Crippen molar-refractivity contribution in [3.8, 4) is 17.3 Å². The predicted molar refractivity (Wildman–Crippen MR) is 93.2 cm³/mol. The van der Waals surface area contributed by atoms with Crippen molar-refractivity contribution in [1.82, 2.24) is 19.7 Å². The molecular weight excluding hydrogens is 316 g/mol. The largest absolute Gasteiger partial charge is 0.438 e. The molecule has 6 heteroatoms. The first kappa shape index (κ1) is 15.0. The lowest BCUT2D eigenvalue weighted by atomic mass is 10.1. The lowest BCUT2D eigenvalue weighted by Crippen LogP contribution is -1.98. The summed E-state index contributed by atoms with van der Waals surface area (Å²) in [5.41, 5.74) is 2.21. The van der Waals surface area contributed by atoms with Crippen LogP contribution in [-0.2, 0) is 0 Å². The Bertz CT molecular complexity index is 1040. The minimum absolute atomic E-state index is 0.0140. The molecule has 0 aliphatic carbocycles. The number of fused-ring (bicyclic) bond motifs is 1. The molecule has 0 radical (unpaired) electrons. The lowest BCUT2D eigenvalue weighted by molar-refractivity contribution is 0.101. The van der Waals surface area contributed by atoms with Crippen LogP contribution in [-0.4, -0.2) is 25.5 Å². The Labute approximate surface area is 143 Å². The highest BCUT2D eigenvalue weighted by atomic mass is 16.5. The van der Waals surface area contributed by atoms with Gasteiger partial charge in [0, 0.05) is 5.56 Å². The van der Waals surface area contributed by atoms with E-state index in [-0.39, 0.29) is 5.78 Å². The zero-order chi connectivity index (χ0) is 17.2. The second kappa shape index (κ2) is 6.16. The van der Waals surface area contributed by atoms with Crippen molar-refractivity contribution in [2.24, 2.45) is 0 Å². The monoisotopic (exact) mass is 330 g/mol. The predicted octanol–water partition coefficient (Wildman–Crippen LogP) is 3.81. The van der Waals surface area contributed by atoms with E-state index in [4.69, 9.17) is 4.74 Å². The van der Waals surface area contributed by atoms with Gasteiger partial charge in [0.1, 0.15) is 17.5 Å². The summed E-state index contributed by atoms with van der Waals surface area (Å²) in [6, 6.07) is 16.7. The molecule has 0 unspecified atom stereocenters. The number of aromatic nitrogens is 4. The normalized spacial score (nSPS) is 10.8. The van der Waals surface area contributed by atoms with Crippen LogP contribution in [0, 0.1) is 0 Å². The molecule has 6 nitrogen and oxygen atoms in total. The van der Waals surface area contributed by atoms with Crippen molar-refractivity contribution in [3.63, 3.8) is 0 Å². The van der Waals surface area contributed by atoms with Gasteiger partial charge in [-0.15, -0.1) is 0 Å². The maximum atomic E-state index is 11.4. The third-order valence-corrected chi connectivity index (χ3v) is 3.81. The number of carbonyl (C=O) groups excluding carboxylic acids is 1. The molecule has 0 bridgehead atoms. The molecule has 0 N–H and O–H groups in total. The summed E-state index contributed by atoms with van der Waals surface area (Å²) in [5, 5.41) is 5.10. The fourth-order valence-electron chi connectivity index (χ4n) is 2.53. The van der Waals surface area contributed by atoms with E-state index >= 15 is 0 Å². The molecule has 0 saturated heterocycles. The van der Waals surface area contributed by atoms with Gasteiger partial charge in [-0.25, -0.2) is 14.6 Å². The minimum Gasteiger partial charge on any atom is -0.438 e. The summed E-state index contributed by atoms with van der Waals surface area (Å²) in [6.45, 7) is 1.53. The molecule has 4 rings (SSSR count). The van der Waals surface area contributed by atoms with Gasteiger partial charge in [0.05, 0.1) is 11.9 Å². The van der Waals surface area contributed by atoms with Crippen LogP contribution in [0.25, 0.3) is 16.7 Å². The van der Waals surface area contributed by atoms with Crippen molar-refractivity contribution in [2.75, 3.05) is 0 Å². The van der Waals surface area contributed by atoms with E-state index in [1.807, 2.05) is 30.3 Å². The Morgan fingerprint density at radius 1 is 1.00 bits per heavy atom. The molecule has 4 aromatic rings. The molecule has 2 aromatic heterocycles. The number of benzene rings is 2. The Kier molecular flexibility index (Phi) is 3.70. The molecule has 0 aliphatic heterocycles. The molecule has 0 spiro atoms. The number of ketones is 1. The molecule has 2 heterocycles.